The van der Waals surface area contributed by atoms with Gasteiger partial charge in [0, 0.05) is 25.5 Å². The summed E-state index contributed by atoms with van der Waals surface area (Å²) in [5, 5.41) is 0.301. The van der Waals surface area contributed by atoms with E-state index in [4.69, 9.17) is 8.85 Å². The van der Waals surface area contributed by atoms with Gasteiger partial charge in [-0.1, -0.05) is 41.5 Å². The van der Waals surface area contributed by atoms with Crippen LogP contribution in [0.3, 0.4) is 0 Å². The first-order chi connectivity index (χ1) is 12.6. The fourth-order valence-electron chi connectivity index (χ4n) is 2.09. The van der Waals surface area contributed by atoms with Gasteiger partial charge in [0.15, 0.2) is 16.6 Å². The first kappa shape index (κ1) is 25.1. The average molecular weight is 428 g/mol. The van der Waals surface area contributed by atoms with E-state index < -0.39 is 16.6 Å². The second-order valence-electron chi connectivity index (χ2n) is 10.5. The SMILES string of the molecule is CC(C)(C)[Si](C)(C)OCCN(CCO[Si](C)(C)C(C)(C)C)C(=O)n1ccnc1. The Labute approximate surface area is 173 Å². The maximum Gasteiger partial charge on any atom is 0.329 e. The molecule has 0 N–H and O–H groups in total. The van der Waals surface area contributed by atoms with Gasteiger partial charge >= 0.3 is 6.03 Å². The highest BCUT2D eigenvalue weighted by molar-refractivity contribution is 6.74. The van der Waals surface area contributed by atoms with Crippen molar-refractivity contribution in [1.29, 1.82) is 0 Å². The highest BCUT2D eigenvalue weighted by atomic mass is 28.4. The number of aromatic nitrogens is 2. The first-order valence-electron chi connectivity index (χ1n) is 10.1. The molecule has 1 amide bonds. The molecule has 1 aromatic heterocycles. The Kier molecular flexibility index (Phi) is 8.27. The Morgan fingerprint density at radius 1 is 0.929 bits per heavy atom. The van der Waals surface area contributed by atoms with Crippen LogP contribution in [0.15, 0.2) is 18.7 Å². The van der Waals surface area contributed by atoms with Gasteiger partial charge in [0.1, 0.15) is 6.33 Å². The molecule has 0 aliphatic heterocycles. The largest absolute Gasteiger partial charge is 0.415 e. The van der Waals surface area contributed by atoms with Gasteiger partial charge in [-0.2, -0.15) is 0 Å². The molecule has 8 heteroatoms. The Hall–Kier alpha value is -0.966. The number of hydrogen-bond donors (Lipinski definition) is 0. The van der Waals surface area contributed by atoms with Gasteiger partial charge in [0.05, 0.1) is 13.2 Å². The summed E-state index contributed by atoms with van der Waals surface area (Å²) in [5.74, 6) is 0. The van der Waals surface area contributed by atoms with Gasteiger partial charge < -0.3 is 13.8 Å². The minimum Gasteiger partial charge on any atom is -0.415 e. The first-order valence-corrected chi connectivity index (χ1v) is 16.0. The van der Waals surface area contributed by atoms with E-state index in [1.807, 2.05) is 4.90 Å². The number of imidazole rings is 1. The molecule has 1 aromatic rings. The monoisotopic (exact) mass is 427 g/mol. The fourth-order valence-corrected chi connectivity index (χ4v) is 4.16. The Morgan fingerprint density at radius 2 is 1.36 bits per heavy atom. The number of hydrogen-bond acceptors (Lipinski definition) is 4. The number of carbonyl (C=O) groups excluding carboxylic acids is 1. The lowest BCUT2D eigenvalue weighted by Gasteiger charge is -2.38. The van der Waals surface area contributed by atoms with Crippen LogP contribution in [0, 0.1) is 0 Å². The molecule has 0 unspecified atom stereocenters. The van der Waals surface area contributed by atoms with Crippen molar-refractivity contribution in [1.82, 2.24) is 14.5 Å². The molecule has 1 rings (SSSR count). The van der Waals surface area contributed by atoms with Crippen molar-refractivity contribution in [3.8, 4) is 0 Å². The van der Waals surface area contributed by atoms with Gasteiger partial charge in [0.2, 0.25) is 0 Å². The summed E-state index contributed by atoms with van der Waals surface area (Å²) in [4.78, 5) is 18.7. The molecule has 0 aliphatic carbocycles. The van der Waals surface area contributed by atoms with Crippen LogP contribution in [0.5, 0.6) is 0 Å². The molecule has 1 heterocycles. The Morgan fingerprint density at radius 3 is 1.68 bits per heavy atom. The highest BCUT2D eigenvalue weighted by Crippen LogP contribution is 2.37. The molecule has 0 radical (unpaired) electrons. The lowest BCUT2D eigenvalue weighted by molar-refractivity contribution is 0.162. The summed E-state index contributed by atoms with van der Waals surface area (Å²) in [7, 11) is -3.68. The van der Waals surface area contributed by atoms with Crippen molar-refractivity contribution in [3.05, 3.63) is 18.7 Å². The molecule has 162 valence electrons. The van der Waals surface area contributed by atoms with Gasteiger partial charge in [-0.15, -0.1) is 0 Å². The van der Waals surface area contributed by atoms with Crippen LogP contribution in [-0.4, -0.2) is 63.4 Å². The minimum absolute atomic E-state index is 0.0878. The quantitative estimate of drug-likeness (QED) is 0.535. The van der Waals surface area contributed by atoms with E-state index in [0.717, 1.165) is 0 Å². The van der Waals surface area contributed by atoms with Gasteiger partial charge in [-0.05, 0) is 36.3 Å². The van der Waals surface area contributed by atoms with Crippen molar-refractivity contribution in [2.75, 3.05) is 26.3 Å². The lowest BCUT2D eigenvalue weighted by Crippen LogP contribution is -2.46. The van der Waals surface area contributed by atoms with E-state index in [0.29, 0.717) is 26.3 Å². The number of carbonyl (C=O) groups is 1. The van der Waals surface area contributed by atoms with Crippen molar-refractivity contribution >= 4 is 22.7 Å². The van der Waals surface area contributed by atoms with Crippen LogP contribution in [0.2, 0.25) is 36.3 Å². The number of nitrogens with zero attached hydrogens (tertiary/aromatic N) is 3. The van der Waals surface area contributed by atoms with Crippen LogP contribution in [0.1, 0.15) is 41.5 Å². The molecule has 28 heavy (non-hydrogen) atoms. The summed E-state index contributed by atoms with van der Waals surface area (Å²) < 4.78 is 14.1. The van der Waals surface area contributed by atoms with E-state index in [2.05, 4.69) is 72.7 Å². The smallest absolute Gasteiger partial charge is 0.329 e. The molecule has 0 spiro atoms. The van der Waals surface area contributed by atoms with Crippen LogP contribution < -0.4 is 0 Å². The third-order valence-electron chi connectivity index (χ3n) is 6.26. The second-order valence-corrected chi connectivity index (χ2v) is 20.1. The third kappa shape index (κ3) is 6.82. The van der Waals surface area contributed by atoms with Crippen LogP contribution >= 0.6 is 0 Å². The van der Waals surface area contributed by atoms with E-state index in [9.17, 15) is 4.79 Å². The minimum atomic E-state index is -1.84. The summed E-state index contributed by atoms with van der Waals surface area (Å²) in [6.07, 6.45) is 4.84. The van der Waals surface area contributed by atoms with Gasteiger partial charge in [-0.25, -0.2) is 9.78 Å². The summed E-state index contributed by atoms with van der Waals surface area (Å²) >= 11 is 0. The number of rotatable bonds is 8. The van der Waals surface area contributed by atoms with Crippen molar-refractivity contribution < 1.29 is 13.6 Å². The molecular weight excluding hydrogens is 386 g/mol. The normalized spacial score (nSPS) is 13.6. The van der Waals surface area contributed by atoms with Crippen molar-refractivity contribution in [2.24, 2.45) is 0 Å². The van der Waals surface area contributed by atoms with E-state index in [1.54, 1.807) is 18.7 Å². The predicted octanol–water partition coefficient (Wildman–Crippen LogP) is 5.20. The van der Waals surface area contributed by atoms with Crippen LogP contribution in [0.4, 0.5) is 4.79 Å². The average Bonchev–Trinajstić information content (AvgIpc) is 3.04. The van der Waals surface area contributed by atoms with E-state index in [1.165, 1.54) is 4.57 Å². The van der Waals surface area contributed by atoms with Gasteiger partial charge in [0.25, 0.3) is 0 Å². The standard InChI is InChI=1S/C20H41N3O3Si2/c1-19(2,3)27(7,8)25-15-13-22(18(24)23-12-11-21-17-23)14-16-26-28(9,10)20(4,5)6/h11-12,17H,13-16H2,1-10H3. The predicted molar refractivity (Wildman–Crippen MR) is 121 cm³/mol. The third-order valence-corrected chi connectivity index (χ3v) is 15.3. The summed E-state index contributed by atoms with van der Waals surface area (Å²) in [6.45, 7) is 24.4. The highest BCUT2D eigenvalue weighted by Gasteiger charge is 2.38. The zero-order valence-electron chi connectivity index (χ0n) is 19.6. The molecule has 0 aromatic carbocycles. The van der Waals surface area contributed by atoms with Crippen LogP contribution in [-0.2, 0) is 8.85 Å². The summed E-state index contributed by atoms with van der Waals surface area (Å²) in [6, 6.07) is -0.0878. The molecular formula is C20H41N3O3Si2. The molecule has 6 nitrogen and oxygen atoms in total. The van der Waals surface area contributed by atoms with E-state index in [-0.39, 0.29) is 16.1 Å². The fraction of sp³-hybridized carbons (Fsp3) is 0.800. The zero-order chi connectivity index (χ0) is 21.8. The topological polar surface area (TPSA) is 56.6 Å². The maximum absolute atomic E-state index is 12.9. The van der Waals surface area contributed by atoms with Crippen molar-refractivity contribution in [2.45, 2.75) is 77.8 Å². The molecule has 0 saturated carbocycles. The molecule has 0 fully saturated rings. The van der Waals surface area contributed by atoms with Crippen LogP contribution in [0.25, 0.3) is 0 Å². The Balaban J connectivity index is 2.74. The summed E-state index contributed by atoms with van der Waals surface area (Å²) in [5.41, 5.74) is 0. The molecule has 0 saturated heterocycles. The number of amides is 1. The Bertz CT molecular complexity index is 586. The lowest BCUT2D eigenvalue weighted by atomic mass is 10.2. The van der Waals surface area contributed by atoms with Crippen molar-refractivity contribution in [3.63, 3.8) is 0 Å². The molecule has 0 aliphatic rings. The molecule has 0 bridgehead atoms. The van der Waals surface area contributed by atoms with Gasteiger partial charge in [-0.3, -0.25) is 4.57 Å². The molecule has 0 atom stereocenters. The maximum atomic E-state index is 12.9. The van der Waals surface area contributed by atoms with E-state index >= 15 is 0 Å². The second kappa shape index (κ2) is 9.23. The zero-order valence-corrected chi connectivity index (χ0v) is 21.6.